The molecule has 102 valence electrons. The summed E-state index contributed by atoms with van der Waals surface area (Å²) in [5.41, 5.74) is 3.78. The number of nitrogens with one attached hydrogen (secondary N) is 1. The maximum atomic E-state index is 9.88. The molecule has 1 aromatic heterocycles. The Morgan fingerprint density at radius 2 is 2.32 bits per heavy atom. The van der Waals surface area contributed by atoms with Crippen molar-refractivity contribution >= 4 is 11.3 Å². The van der Waals surface area contributed by atoms with Crippen molar-refractivity contribution in [3.8, 4) is 11.5 Å². The van der Waals surface area contributed by atoms with Crippen LogP contribution in [-0.2, 0) is 6.42 Å². The van der Waals surface area contributed by atoms with Gasteiger partial charge >= 0.3 is 0 Å². The molecule has 2 N–H and O–H groups in total. The molecule has 1 aromatic carbocycles. The third kappa shape index (κ3) is 3.68. The van der Waals surface area contributed by atoms with Crippen LogP contribution in [0.4, 0.5) is 0 Å². The first kappa shape index (κ1) is 13.8. The van der Waals surface area contributed by atoms with Gasteiger partial charge in [0.05, 0.1) is 18.3 Å². The van der Waals surface area contributed by atoms with E-state index in [0.29, 0.717) is 0 Å². The summed E-state index contributed by atoms with van der Waals surface area (Å²) in [5.74, 6) is 1.04. The quantitative estimate of drug-likeness (QED) is 0.853. The van der Waals surface area contributed by atoms with Gasteiger partial charge in [0, 0.05) is 30.0 Å². The van der Waals surface area contributed by atoms with E-state index in [1.807, 2.05) is 18.5 Å². The van der Waals surface area contributed by atoms with Crippen LogP contribution in [0.3, 0.4) is 0 Å². The fraction of sp³-hybridized carbons (Fsp3) is 0.357. The zero-order valence-electron chi connectivity index (χ0n) is 11.1. The summed E-state index contributed by atoms with van der Waals surface area (Å²) < 4.78 is 5.18. The second-order valence-electron chi connectivity index (χ2n) is 4.33. The minimum atomic E-state index is 0.0636. The number of rotatable bonds is 6. The molecule has 0 saturated carbocycles. The molecule has 0 aliphatic rings. The predicted molar refractivity (Wildman–Crippen MR) is 76.9 cm³/mol. The zero-order chi connectivity index (χ0) is 13.7. The van der Waals surface area contributed by atoms with Crippen molar-refractivity contribution in [2.24, 2.45) is 0 Å². The monoisotopic (exact) mass is 278 g/mol. The normalized spacial score (nSPS) is 12.3. The summed E-state index contributed by atoms with van der Waals surface area (Å²) in [6.45, 7) is 2.84. The lowest BCUT2D eigenvalue weighted by atomic mass is 10.1. The topological polar surface area (TPSA) is 54.4 Å². The molecule has 0 spiro atoms. The summed E-state index contributed by atoms with van der Waals surface area (Å²) in [4.78, 5) is 4.24. The number of aromatic hydroxyl groups is 1. The second kappa shape index (κ2) is 6.54. The Hall–Kier alpha value is -1.59. The Labute approximate surface area is 117 Å². The van der Waals surface area contributed by atoms with Gasteiger partial charge in [0.25, 0.3) is 0 Å². The van der Waals surface area contributed by atoms with Crippen LogP contribution in [0.1, 0.15) is 24.2 Å². The maximum Gasteiger partial charge on any atom is 0.120 e. The summed E-state index contributed by atoms with van der Waals surface area (Å²) >= 11 is 1.61. The first-order valence-electron chi connectivity index (χ1n) is 6.18. The molecular weight excluding hydrogens is 260 g/mol. The molecule has 4 nitrogen and oxygen atoms in total. The van der Waals surface area contributed by atoms with Gasteiger partial charge in [-0.1, -0.05) is 0 Å². The van der Waals surface area contributed by atoms with Crippen LogP contribution >= 0.6 is 11.3 Å². The fourth-order valence-corrected chi connectivity index (χ4v) is 2.49. The summed E-state index contributed by atoms with van der Waals surface area (Å²) in [7, 11) is 1.62. The smallest absolute Gasteiger partial charge is 0.120 e. The van der Waals surface area contributed by atoms with Crippen LogP contribution in [-0.4, -0.2) is 23.7 Å². The fourth-order valence-electron chi connectivity index (χ4n) is 1.89. The van der Waals surface area contributed by atoms with E-state index in [1.165, 1.54) is 0 Å². The van der Waals surface area contributed by atoms with Crippen LogP contribution in [0.25, 0.3) is 0 Å². The van der Waals surface area contributed by atoms with E-state index in [2.05, 4.69) is 15.7 Å². The number of nitrogens with zero attached hydrogens (tertiary/aromatic N) is 1. The number of phenols is 1. The van der Waals surface area contributed by atoms with E-state index in [1.54, 1.807) is 30.6 Å². The molecule has 0 bridgehead atoms. The van der Waals surface area contributed by atoms with Crippen LogP contribution in [0.15, 0.2) is 29.1 Å². The highest BCUT2D eigenvalue weighted by Gasteiger charge is 2.11. The lowest BCUT2D eigenvalue weighted by Gasteiger charge is -2.16. The number of hydrogen-bond acceptors (Lipinski definition) is 5. The van der Waals surface area contributed by atoms with Gasteiger partial charge in [0.1, 0.15) is 11.5 Å². The van der Waals surface area contributed by atoms with E-state index in [9.17, 15) is 5.11 Å². The first-order chi connectivity index (χ1) is 9.20. The molecule has 5 heteroatoms. The SMILES string of the molecule is COc1ccc(O)c(C(C)NCCc2cscn2)c1. The summed E-state index contributed by atoms with van der Waals surface area (Å²) in [5, 5.41) is 15.3. The third-order valence-corrected chi connectivity index (χ3v) is 3.65. The minimum absolute atomic E-state index is 0.0636. The van der Waals surface area contributed by atoms with Crippen molar-refractivity contribution < 1.29 is 9.84 Å². The van der Waals surface area contributed by atoms with Crippen molar-refractivity contribution in [3.05, 3.63) is 40.3 Å². The standard InChI is InChI=1S/C14H18N2O2S/c1-10(15-6-5-11-8-19-9-16-11)13-7-12(18-2)3-4-14(13)17/h3-4,7-10,15,17H,5-6H2,1-2H3. The Morgan fingerprint density at radius 1 is 1.47 bits per heavy atom. The molecular formula is C14H18N2O2S. The molecule has 2 rings (SSSR count). The number of thiazole rings is 1. The molecule has 1 atom stereocenters. The minimum Gasteiger partial charge on any atom is -0.508 e. The van der Waals surface area contributed by atoms with Crippen molar-refractivity contribution in [2.75, 3.05) is 13.7 Å². The molecule has 0 saturated heterocycles. The zero-order valence-corrected chi connectivity index (χ0v) is 11.9. The van der Waals surface area contributed by atoms with Gasteiger partial charge < -0.3 is 15.2 Å². The van der Waals surface area contributed by atoms with Gasteiger partial charge in [0.2, 0.25) is 0 Å². The highest BCUT2D eigenvalue weighted by molar-refractivity contribution is 7.07. The summed E-state index contributed by atoms with van der Waals surface area (Å²) in [6, 6.07) is 5.33. The van der Waals surface area contributed by atoms with E-state index < -0.39 is 0 Å². The molecule has 1 unspecified atom stereocenters. The predicted octanol–water partition coefficient (Wildman–Crippen LogP) is 2.75. The lowest BCUT2D eigenvalue weighted by molar-refractivity contribution is 0.407. The lowest BCUT2D eigenvalue weighted by Crippen LogP contribution is -2.21. The van der Waals surface area contributed by atoms with Gasteiger partial charge in [-0.25, -0.2) is 4.98 Å². The molecule has 0 amide bonds. The van der Waals surface area contributed by atoms with Gasteiger partial charge in [-0.3, -0.25) is 0 Å². The van der Waals surface area contributed by atoms with E-state index in [0.717, 1.165) is 30.0 Å². The maximum absolute atomic E-state index is 9.88. The van der Waals surface area contributed by atoms with Crippen LogP contribution < -0.4 is 10.1 Å². The van der Waals surface area contributed by atoms with Crippen molar-refractivity contribution in [3.63, 3.8) is 0 Å². The van der Waals surface area contributed by atoms with Crippen LogP contribution in [0, 0.1) is 0 Å². The molecule has 0 aliphatic carbocycles. The molecule has 19 heavy (non-hydrogen) atoms. The third-order valence-electron chi connectivity index (χ3n) is 3.02. The number of hydrogen-bond donors (Lipinski definition) is 2. The molecule has 0 radical (unpaired) electrons. The van der Waals surface area contributed by atoms with Crippen molar-refractivity contribution in [1.82, 2.24) is 10.3 Å². The number of phenolic OH excluding ortho intramolecular Hbond substituents is 1. The van der Waals surface area contributed by atoms with E-state index in [-0.39, 0.29) is 11.8 Å². The first-order valence-corrected chi connectivity index (χ1v) is 7.12. The molecule has 2 aromatic rings. The second-order valence-corrected chi connectivity index (χ2v) is 5.05. The van der Waals surface area contributed by atoms with E-state index >= 15 is 0 Å². The van der Waals surface area contributed by atoms with Gasteiger partial charge in [-0.2, -0.15) is 0 Å². The summed E-state index contributed by atoms with van der Waals surface area (Å²) in [6.07, 6.45) is 0.887. The Balaban J connectivity index is 1.93. The largest absolute Gasteiger partial charge is 0.508 e. The van der Waals surface area contributed by atoms with Gasteiger partial charge in [-0.05, 0) is 25.1 Å². The Kier molecular flexibility index (Phi) is 4.76. The average molecular weight is 278 g/mol. The van der Waals surface area contributed by atoms with Gasteiger partial charge in [-0.15, -0.1) is 11.3 Å². The Bertz CT molecular complexity index is 514. The molecule has 0 fully saturated rings. The number of methoxy groups -OCH3 is 1. The number of ether oxygens (including phenoxy) is 1. The van der Waals surface area contributed by atoms with Crippen molar-refractivity contribution in [2.45, 2.75) is 19.4 Å². The average Bonchev–Trinajstić information content (AvgIpc) is 2.92. The highest BCUT2D eigenvalue weighted by Crippen LogP contribution is 2.28. The number of benzene rings is 1. The van der Waals surface area contributed by atoms with Crippen LogP contribution in [0.5, 0.6) is 11.5 Å². The van der Waals surface area contributed by atoms with Crippen molar-refractivity contribution in [1.29, 1.82) is 0 Å². The molecule has 1 heterocycles. The number of aromatic nitrogens is 1. The Morgan fingerprint density at radius 3 is 3.00 bits per heavy atom. The van der Waals surface area contributed by atoms with E-state index in [4.69, 9.17) is 4.74 Å². The van der Waals surface area contributed by atoms with Gasteiger partial charge in [0.15, 0.2) is 0 Å². The van der Waals surface area contributed by atoms with Crippen LogP contribution in [0.2, 0.25) is 0 Å². The molecule has 0 aliphatic heterocycles. The highest BCUT2D eigenvalue weighted by atomic mass is 32.1.